The van der Waals surface area contributed by atoms with E-state index in [1.54, 1.807) is 0 Å². The van der Waals surface area contributed by atoms with Gasteiger partial charge in [0.25, 0.3) is 5.56 Å². The minimum absolute atomic E-state index is 0.0511. The number of aromatic nitrogens is 2. The molecule has 1 aliphatic rings. The topological polar surface area (TPSA) is 45.8 Å². The maximum absolute atomic E-state index is 11.9. The predicted molar refractivity (Wildman–Crippen MR) is 67.6 cm³/mol. The van der Waals surface area contributed by atoms with Gasteiger partial charge in [0.05, 0.1) is 11.3 Å². The lowest BCUT2D eigenvalue weighted by molar-refractivity contribution is 0.902. The minimum atomic E-state index is -0.0511. The number of rotatable bonds is 1. The van der Waals surface area contributed by atoms with Crippen LogP contribution in [0.1, 0.15) is 17.7 Å². The third-order valence-corrected chi connectivity index (χ3v) is 2.91. The van der Waals surface area contributed by atoms with Gasteiger partial charge in [-0.1, -0.05) is 42.5 Å². The summed E-state index contributed by atoms with van der Waals surface area (Å²) in [5.41, 5.74) is 2.50. The average Bonchev–Trinajstić information content (AvgIpc) is 2.40. The Morgan fingerprint density at radius 1 is 1.18 bits per heavy atom. The molecular formula is C14H12N2O. The van der Waals surface area contributed by atoms with Crippen LogP contribution in [0, 0.1) is 0 Å². The number of allylic oxidation sites excluding steroid dienone is 1. The molecule has 84 valence electrons. The summed E-state index contributed by atoms with van der Waals surface area (Å²) >= 11 is 0. The fourth-order valence-corrected chi connectivity index (χ4v) is 2.05. The quantitative estimate of drug-likeness (QED) is 0.808. The monoisotopic (exact) mass is 224 g/mol. The van der Waals surface area contributed by atoms with Gasteiger partial charge in [-0.15, -0.1) is 0 Å². The summed E-state index contributed by atoms with van der Waals surface area (Å²) in [7, 11) is 0. The highest BCUT2D eigenvalue weighted by molar-refractivity contribution is 5.59. The number of hydrogen-bond donors (Lipinski definition) is 1. The van der Waals surface area contributed by atoms with E-state index in [1.807, 2.05) is 42.5 Å². The number of fused-ring (bicyclic) bond motifs is 1. The van der Waals surface area contributed by atoms with Gasteiger partial charge in [-0.05, 0) is 12.8 Å². The van der Waals surface area contributed by atoms with E-state index >= 15 is 0 Å². The van der Waals surface area contributed by atoms with Crippen LogP contribution < -0.4 is 5.56 Å². The van der Waals surface area contributed by atoms with E-state index in [4.69, 9.17) is 0 Å². The van der Waals surface area contributed by atoms with Crippen LogP contribution in [0.15, 0.2) is 41.2 Å². The normalized spacial score (nSPS) is 13.4. The lowest BCUT2D eigenvalue weighted by atomic mass is 10.0. The predicted octanol–water partition coefficient (Wildman–Crippen LogP) is 2.40. The molecule has 3 nitrogen and oxygen atoms in total. The van der Waals surface area contributed by atoms with Gasteiger partial charge < -0.3 is 4.98 Å². The Labute approximate surface area is 98.9 Å². The zero-order valence-electron chi connectivity index (χ0n) is 9.31. The van der Waals surface area contributed by atoms with Gasteiger partial charge in [-0.25, -0.2) is 4.98 Å². The molecule has 0 bridgehead atoms. The summed E-state index contributed by atoms with van der Waals surface area (Å²) in [5.74, 6) is 0.657. The van der Waals surface area contributed by atoms with Crippen LogP contribution in [0.3, 0.4) is 0 Å². The highest BCUT2D eigenvalue weighted by Gasteiger charge is 2.12. The Kier molecular flexibility index (Phi) is 2.37. The maximum atomic E-state index is 11.9. The Hall–Kier alpha value is -2.16. The van der Waals surface area contributed by atoms with Crippen LogP contribution >= 0.6 is 0 Å². The number of hydrogen-bond acceptors (Lipinski definition) is 2. The van der Waals surface area contributed by atoms with Crippen molar-refractivity contribution in [2.45, 2.75) is 12.8 Å². The molecule has 0 atom stereocenters. The number of nitrogens with one attached hydrogen (secondary N) is 1. The first-order valence-corrected chi connectivity index (χ1v) is 5.70. The van der Waals surface area contributed by atoms with E-state index in [1.165, 1.54) is 0 Å². The molecule has 0 saturated carbocycles. The number of aromatic amines is 1. The minimum Gasteiger partial charge on any atom is -0.306 e. The van der Waals surface area contributed by atoms with E-state index in [-0.39, 0.29) is 5.56 Å². The Morgan fingerprint density at radius 3 is 2.82 bits per heavy atom. The van der Waals surface area contributed by atoms with Crippen molar-refractivity contribution in [2.75, 3.05) is 0 Å². The van der Waals surface area contributed by atoms with Gasteiger partial charge in [-0.3, -0.25) is 4.79 Å². The third-order valence-electron chi connectivity index (χ3n) is 2.91. The lowest BCUT2D eigenvalue weighted by Gasteiger charge is -2.10. The summed E-state index contributed by atoms with van der Waals surface area (Å²) in [6.45, 7) is 0. The van der Waals surface area contributed by atoms with Crippen LogP contribution in [-0.4, -0.2) is 9.97 Å². The molecule has 1 aromatic carbocycles. The SMILES string of the molecule is O=c1[nH]c(-c2ccccc2)nc2c1C=CCC2. The van der Waals surface area contributed by atoms with E-state index in [9.17, 15) is 4.79 Å². The molecule has 0 aliphatic heterocycles. The van der Waals surface area contributed by atoms with Crippen molar-refractivity contribution in [3.8, 4) is 11.4 Å². The fraction of sp³-hybridized carbons (Fsp3) is 0.143. The highest BCUT2D eigenvalue weighted by Crippen LogP contribution is 2.18. The van der Waals surface area contributed by atoms with Crippen molar-refractivity contribution in [3.05, 3.63) is 58.0 Å². The van der Waals surface area contributed by atoms with E-state index in [0.29, 0.717) is 11.4 Å². The molecule has 1 heterocycles. The lowest BCUT2D eigenvalue weighted by Crippen LogP contribution is -2.17. The maximum Gasteiger partial charge on any atom is 0.258 e. The van der Waals surface area contributed by atoms with Gasteiger partial charge in [0.2, 0.25) is 0 Å². The second-order valence-corrected chi connectivity index (χ2v) is 4.08. The molecule has 1 N–H and O–H groups in total. The third kappa shape index (κ3) is 1.80. The molecule has 0 amide bonds. The standard InChI is InChI=1S/C14H12N2O/c17-14-11-8-4-5-9-12(11)15-13(16-14)10-6-2-1-3-7-10/h1-4,6-8H,5,9H2,(H,15,16,17). The summed E-state index contributed by atoms with van der Waals surface area (Å²) in [5, 5.41) is 0. The van der Waals surface area contributed by atoms with Crippen LogP contribution in [-0.2, 0) is 6.42 Å². The smallest absolute Gasteiger partial charge is 0.258 e. The molecule has 3 heteroatoms. The number of benzene rings is 1. The molecule has 1 aromatic heterocycles. The Balaban J connectivity index is 2.18. The first-order valence-electron chi connectivity index (χ1n) is 5.70. The van der Waals surface area contributed by atoms with Gasteiger partial charge in [0.15, 0.2) is 0 Å². The van der Waals surface area contributed by atoms with Crippen molar-refractivity contribution in [1.29, 1.82) is 0 Å². The molecule has 0 unspecified atom stereocenters. The van der Waals surface area contributed by atoms with Gasteiger partial charge >= 0.3 is 0 Å². The average molecular weight is 224 g/mol. The zero-order chi connectivity index (χ0) is 11.7. The summed E-state index contributed by atoms with van der Waals surface area (Å²) in [6, 6.07) is 9.72. The van der Waals surface area contributed by atoms with Crippen LogP contribution in [0.4, 0.5) is 0 Å². The van der Waals surface area contributed by atoms with E-state index in [2.05, 4.69) is 9.97 Å². The van der Waals surface area contributed by atoms with Gasteiger partial charge in [-0.2, -0.15) is 0 Å². The number of aryl methyl sites for hydroxylation is 1. The molecule has 0 saturated heterocycles. The molecular weight excluding hydrogens is 212 g/mol. The molecule has 3 rings (SSSR count). The summed E-state index contributed by atoms with van der Waals surface area (Å²) in [4.78, 5) is 19.3. The molecule has 0 spiro atoms. The van der Waals surface area contributed by atoms with Crippen molar-refractivity contribution in [2.24, 2.45) is 0 Å². The van der Waals surface area contributed by atoms with Crippen molar-refractivity contribution in [1.82, 2.24) is 9.97 Å². The molecule has 0 fully saturated rings. The molecule has 2 aromatic rings. The van der Waals surface area contributed by atoms with Gasteiger partial charge in [0.1, 0.15) is 5.82 Å². The van der Waals surface area contributed by atoms with Crippen LogP contribution in [0.5, 0.6) is 0 Å². The molecule has 0 radical (unpaired) electrons. The highest BCUT2D eigenvalue weighted by atomic mass is 16.1. The van der Waals surface area contributed by atoms with E-state index in [0.717, 1.165) is 24.1 Å². The molecule has 17 heavy (non-hydrogen) atoms. The fourth-order valence-electron chi connectivity index (χ4n) is 2.05. The second kappa shape index (κ2) is 4.01. The Morgan fingerprint density at radius 2 is 2.00 bits per heavy atom. The van der Waals surface area contributed by atoms with Crippen molar-refractivity contribution >= 4 is 6.08 Å². The first-order chi connectivity index (χ1) is 8.34. The second-order valence-electron chi connectivity index (χ2n) is 4.08. The number of nitrogens with zero attached hydrogens (tertiary/aromatic N) is 1. The van der Waals surface area contributed by atoms with Gasteiger partial charge in [0, 0.05) is 5.56 Å². The molecule has 1 aliphatic carbocycles. The van der Waals surface area contributed by atoms with Crippen molar-refractivity contribution in [3.63, 3.8) is 0 Å². The van der Waals surface area contributed by atoms with Crippen molar-refractivity contribution < 1.29 is 0 Å². The number of H-pyrrole nitrogens is 1. The van der Waals surface area contributed by atoms with E-state index < -0.39 is 0 Å². The van der Waals surface area contributed by atoms with Crippen LogP contribution in [0.2, 0.25) is 0 Å². The zero-order valence-corrected chi connectivity index (χ0v) is 9.31. The summed E-state index contributed by atoms with van der Waals surface area (Å²) in [6.07, 6.45) is 5.67. The summed E-state index contributed by atoms with van der Waals surface area (Å²) < 4.78 is 0. The van der Waals surface area contributed by atoms with Crippen LogP contribution in [0.25, 0.3) is 17.5 Å². The largest absolute Gasteiger partial charge is 0.306 e. The first kappa shape index (κ1) is 10.0. The Bertz CT molecular complexity index is 626.